The Kier molecular flexibility index (Phi) is 12.9. The van der Waals surface area contributed by atoms with E-state index in [9.17, 15) is 92.0 Å². The van der Waals surface area contributed by atoms with Crippen LogP contribution < -0.4 is 0 Å². The molecule has 250 valence electrons. The first kappa shape index (κ1) is 41.7. The van der Waals surface area contributed by atoms with E-state index in [1.807, 2.05) is 0 Å². The van der Waals surface area contributed by atoms with Crippen molar-refractivity contribution in [1.82, 2.24) is 0 Å². The summed E-state index contributed by atoms with van der Waals surface area (Å²) in [7, 11) is -7.47. The molecule has 41 heavy (non-hydrogen) atoms. The lowest BCUT2D eigenvalue weighted by Crippen LogP contribution is -2.75. The zero-order valence-electron chi connectivity index (χ0n) is 20.9. The Balaban J connectivity index is 0. The van der Waals surface area contributed by atoms with E-state index >= 15 is 0 Å². The van der Waals surface area contributed by atoms with Crippen LogP contribution in [0.25, 0.3) is 0 Å². The maximum absolute atomic E-state index is 13.3. The SMILES string of the molecule is CC[N+](CC)(CC)CC.O=S(=O)([O-])C(F)C(F)(F)C(F)(F)C(F)(F)C(F)(F)C(F)(F)C(F)(F)C(F)(F)C(F)C(F)F. The molecule has 4 nitrogen and oxygen atoms in total. The van der Waals surface area contributed by atoms with Crippen LogP contribution in [0.2, 0.25) is 0 Å². The van der Waals surface area contributed by atoms with Gasteiger partial charge < -0.3 is 9.04 Å². The van der Waals surface area contributed by atoms with E-state index in [1.165, 1.54) is 30.7 Å². The molecular formula is C18H23F18NO3S. The summed E-state index contributed by atoms with van der Waals surface area (Å²) in [5, 5.41) is 0. The number of rotatable bonds is 14. The van der Waals surface area contributed by atoms with Crippen LogP contribution >= 0.6 is 0 Å². The second kappa shape index (κ2) is 12.7. The molecule has 0 radical (unpaired) electrons. The highest BCUT2D eigenvalue weighted by atomic mass is 32.2. The fourth-order valence-electron chi connectivity index (χ4n) is 3.01. The second-order valence-corrected chi connectivity index (χ2v) is 9.67. The van der Waals surface area contributed by atoms with Gasteiger partial charge in [0.1, 0.15) is 10.1 Å². The Morgan fingerprint density at radius 2 is 0.780 bits per heavy atom. The number of nitrogens with zero attached hydrogens (tertiary/aromatic N) is 1. The third-order valence-electron chi connectivity index (χ3n) is 6.20. The molecule has 0 amide bonds. The van der Waals surface area contributed by atoms with Gasteiger partial charge in [-0.05, 0) is 27.7 Å². The Bertz CT molecular complexity index is 935. The highest BCUT2D eigenvalue weighted by Gasteiger charge is 2.94. The van der Waals surface area contributed by atoms with Crippen molar-refractivity contribution in [2.24, 2.45) is 0 Å². The highest BCUT2D eigenvalue weighted by Crippen LogP contribution is 2.63. The molecule has 0 spiro atoms. The minimum absolute atomic E-state index is 1.28. The highest BCUT2D eigenvalue weighted by molar-refractivity contribution is 7.86. The number of hydrogen-bond acceptors (Lipinski definition) is 3. The smallest absolute Gasteiger partial charge is 0.384 e. The van der Waals surface area contributed by atoms with Crippen LogP contribution in [-0.4, -0.2) is 103 Å². The van der Waals surface area contributed by atoms with E-state index < -0.39 is 69.7 Å². The third kappa shape index (κ3) is 6.90. The summed E-state index contributed by atoms with van der Waals surface area (Å²) in [5.74, 6) is -59.1. The van der Waals surface area contributed by atoms with Crippen molar-refractivity contribution in [3.8, 4) is 0 Å². The number of halogens is 18. The van der Waals surface area contributed by atoms with Crippen LogP contribution in [0.4, 0.5) is 79.0 Å². The summed E-state index contributed by atoms with van der Waals surface area (Å²) < 4.78 is 264. The van der Waals surface area contributed by atoms with E-state index in [1.54, 1.807) is 0 Å². The van der Waals surface area contributed by atoms with Crippen molar-refractivity contribution in [2.75, 3.05) is 26.2 Å². The van der Waals surface area contributed by atoms with Crippen molar-refractivity contribution in [3.63, 3.8) is 0 Å². The first-order valence-corrected chi connectivity index (χ1v) is 12.2. The van der Waals surface area contributed by atoms with Crippen LogP contribution in [0.5, 0.6) is 0 Å². The molecule has 0 aliphatic heterocycles. The van der Waals surface area contributed by atoms with Gasteiger partial charge in [-0.2, -0.15) is 61.5 Å². The van der Waals surface area contributed by atoms with E-state index in [-0.39, 0.29) is 0 Å². The first-order chi connectivity index (χ1) is 17.8. The maximum atomic E-state index is 13.3. The number of quaternary nitrogens is 1. The molecule has 0 aliphatic carbocycles. The third-order valence-corrected chi connectivity index (χ3v) is 7.01. The van der Waals surface area contributed by atoms with Gasteiger partial charge in [-0.25, -0.2) is 26.0 Å². The maximum Gasteiger partial charge on any atom is 0.384 e. The van der Waals surface area contributed by atoms with E-state index in [2.05, 4.69) is 27.7 Å². The molecule has 0 bridgehead atoms. The van der Waals surface area contributed by atoms with Crippen LogP contribution in [-0.2, 0) is 10.1 Å². The molecule has 2 atom stereocenters. The molecule has 23 heteroatoms. The predicted molar refractivity (Wildman–Crippen MR) is 103 cm³/mol. The summed E-state index contributed by atoms with van der Waals surface area (Å²) >= 11 is 0. The lowest BCUT2D eigenvalue weighted by Gasteiger charge is -2.43. The van der Waals surface area contributed by atoms with Gasteiger partial charge in [-0.3, -0.25) is 0 Å². The molecule has 0 saturated heterocycles. The molecule has 0 aliphatic rings. The molecule has 0 rings (SSSR count). The molecule has 0 aromatic carbocycles. The second-order valence-electron chi connectivity index (χ2n) is 8.27. The van der Waals surface area contributed by atoms with Gasteiger partial charge in [-0.15, -0.1) is 0 Å². The number of hydrogen-bond donors (Lipinski definition) is 0. The first-order valence-electron chi connectivity index (χ1n) is 10.8. The predicted octanol–water partition coefficient (Wildman–Crippen LogP) is 6.76. The summed E-state index contributed by atoms with van der Waals surface area (Å²) in [6.07, 6.45) is -11.2. The Hall–Kier alpha value is -1.39. The molecule has 0 aromatic heterocycles. The number of alkyl halides is 18. The summed E-state index contributed by atoms with van der Waals surface area (Å²) in [5.41, 5.74) is -6.11. The fraction of sp³-hybridized carbons (Fsp3) is 1.00. The standard InChI is InChI=1S/C10H4F18O3S.C8H20N/c11-1(2(12)13)4(15,16)6(19,20)8(23,24)10(27,28)9(25,26)7(21,22)5(17,18)3(14)32(29,30)31;1-5-9(6-2,7-3)8-4/h1-3H,(H,29,30,31);5-8H2,1-4H3/q;+1/p-1. The van der Waals surface area contributed by atoms with Crippen LogP contribution in [0.15, 0.2) is 0 Å². The van der Waals surface area contributed by atoms with E-state index in [0.29, 0.717) is 0 Å². The van der Waals surface area contributed by atoms with Crippen molar-refractivity contribution in [1.29, 1.82) is 0 Å². The van der Waals surface area contributed by atoms with Gasteiger partial charge in [0.05, 0.1) is 26.2 Å². The van der Waals surface area contributed by atoms with Gasteiger partial charge in [0.2, 0.25) is 6.17 Å². The molecule has 0 N–H and O–H groups in total. The van der Waals surface area contributed by atoms with Crippen molar-refractivity contribution >= 4 is 10.1 Å². The van der Waals surface area contributed by atoms with Gasteiger partial charge in [-0.1, -0.05) is 0 Å². The van der Waals surface area contributed by atoms with Gasteiger partial charge in [0.15, 0.2) is 0 Å². The lowest BCUT2D eigenvalue weighted by atomic mass is 9.88. The molecule has 0 aromatic rings. The Labute approximate surface area is 221 Å². The quantitative estimate of drug-likeness (QED) is 0.116. The average Bonchev–Trinajstić information content (AvgIpc) is 2.83. The van der Waals surface area contributed by atoms with Crippen LogP contribution in [0.3, 0.4) is 0 Å². The molecule has 0 saturated carbocycles. The van der Waals surface area contributed by atoms with Crippen molar-refractivity contribution in [3.05, 3.63) is 0 Å². The van der Waals surface area contributed by atoms with Crippen LogP contribution in [0.1, 0.15) is 27.7 Å². The zero-order valence-corrected chi connectivity index (χ0v) is 21.8. The van der Waals surface area contributed by atoms with Crippen LogP contribution in [0, 0.1) is 0 Å². The normalized spacial score (nSPS) is 16.8. The largest absolute Gasteiger partial charge is 0.746 e. The van der Waals surface area contributed by atoms with Crippen molar-refractivity contribution in [2.45, 2.75) is 87.3 Å². The topological polar surface area (TPSA) is 57.2 Å². The van der Waals surface area contributed by atoms with Gasteiger partial charge in [0.25, 0.3) is 11.9 Å². The van der Waals surface area contributed by atoms with E-state index in [0.717, 1.165) is 0 Å². The summed E-state index contributed by atoms with van der Waals surface area (Å²) in [4.78, 5) is 0. The van der Waals surface area contributed by atoms with Gasteiger partial charge >= 0.3 is 41.5 Å². The molecule has 0 heterocycles. The lowest BCUT2D eigenvalue weighted by molar-refractivity contribution is -0.921. The summed E-state index contributed by atoms with van der Waals surface area (Å²) in [6, 6.07) is 0. The molecule has 0 fully saturated rings. The summed E-state index contributed by atoms with van der Waals surface area (Å²) in [6.45, 7) is 14.2. The Morgan fingerprint density at radius 3 is 0.976 bits per heavy atom. The molecule has 2 unspecified atom stereocenters. The van der Waals surface area contributed by atoms with Gasteiger partial charge in [0, 0.05) is 0 Å². The fourth-order valence-corrected chi connectivity index (χ4v) is 3.52. The van der Waals surface area contributed by atoms with Crippen molar-refractivity contribution < 1.29 is 96.5 Å². The molecular weight excluding hydrogens is 652 g/mol. The average molecular weight is 675 g/mol. The zero-order chi connectivity index (χ0) is 34.1. The minimum Gasteiger partial charge on any atom is -0.746 e. The monoisotopic (exact) mass is 675 g/mol. The minimum atomic E-state index is -8.89. The Morgan fingerprint density at radius 1 is 0.537 bits per heavy atom. The van der Waals surface area contributed by atoms with E-state index in [4.69, 9.17) is 0 Å².